The molecule has 3 rings (SSSR count). The van der Waals surface area contributed by atoms with Gasteiger partial charge in [-0.2, -0.15) is 9.78 Å². The summed E-state index contributed by atoms with van der Waals surface area (Å²) in [4.78, 5) is 31.2. The third kappa shape index (κ3) is 2.97. The Kier molecular flexibility index (Phi) is 4.33. The fraction of sp³-hybridized carbons (Fsp3) is 0.222. The molecule has 0 radical (unpaired) electrons. The van der Waals surface area contributed by atoms with Gasteiger partial charge < -0.3 is 10.5 Å². The molecule has 8 heteroatoms. The van der Waals surface area contributed by atoms with Gasteiger partial charge in [0.1, 0.15) is 5.75 Å². The Morgan fingerprint density at radius 3 is 2.58 bits per heavy atom. The van der Waals surface area contributed by atoms with Crippen molar-refractivity contribution in [2.45, 2.75) is 20.8 Å². The topological polar surface area (TPSA) is 116 Å². The number of aryl methyl sites for hydroxylation is 2. The number of nitrogens with one attached hydrogen (secondary N) is 1. The first kappa shape index (κ1) is 17.4. The highest BCUT2D eigenvalue weighted by Crippen LogP contribution is 2.29. The molecule has 3 N–H and O–H groups in total. The Labute approximate surface area is 149 Å². The molecule has 8 nitrogen and oxygen atoms in total. The molecule has 0 bridgehead atoms. The van der Waals surface area contributed by atoms with Crippen LogP contribution < -0.4 is 16.0 Å². The van der Waals surface area contributed by atoms with E-state index in [4.69, 9.17) is 10.5 Å². The van der Waals surface area contributed by atoms with Gasteiger partial charge in [0.25, 0.3) is 5.56 Å². The molecule has 0 spiro atoms. The van der Waals surface area contributed by atoms with E-state index in [1.54, 1.807) is 38.1 Å². The number of hydrogen-bond donors (Lipinski definition) is 2. The number of ether oxygens (including phenoxy) is 1. The molecule has 2 aromatic heterocycles. The number of benzene rings is 1. The minimum absolute atomic E-state index is 0.243. The number of nitrogens with two attached hydrogens (primary N) is 1. The maximum Gasteiger partial charge on any atom is 0.255 e. The number of methoxy groups -OCH3 is 1. The minimum Gasteiger partial charge on any atom is -0.497 e. The van der Waals surface area contributed by atoms with Crippen LogP contribution in [0.15, 0.2) is 29.1 Å². The van der Waals surface area contributed by atoms with Crippen LogP contribution in [0.2, 0.25) is 0 Å². The zero-order valence-electron chi connectivity index (χ0n) is 15.0. The van der Waals surface area contributed by atoms with Crippen molar-refractivity contribution in [1.82, 2.24) is 19.7 Å². The fourth-order valence-electron chi connectivity index (χ4n) is 2.66. The maximum absolute atomic E-state index is 12.1. The second kappa shape index (κ2) is 6.47. The molecule has 26 heavy (non-hydrogen) atoms. The zero-order valence-corrected chi connectivity index (χ0v) is 15.0. The van der Waals surface area contributed by atoms with Crippen LogP contribution in [0, 0.1) is 20.8 Å². The average Bonchev–Trinajstić information content (AvgIpc) is 3.00. The number of carbonyl (C=O) groups is 1. The summed E-state index contributed by atoms with van der Waals surface area (Å²) in [7, 11) is 1.54. The van der Waals surface area contributed by atoms with E-state index in [0.717, 1.165) is 0 Å². The van der Waals surface area contributed by atoms with Crippen molar-refractivity contribution in [3.8, 4) is 23.0 Å². The highest BCUT2D eigenvalue weighted by Gasteiger charge is 2.19. The van der Waals surface area contributed by atoms with Crippen LogP contribution in [-0.4, -0.2) is 32.8 Å². The van der Waals surface area contributed by atoms with Gasteiger partial charge in [0.2, 0.25) is 11.9 Å². The van der Waals surface area contributed by atoms with Crippen LogP contribution in [0.5, 0.6) is 5.75 Å². The number of H-pyrrole nitrogens is 1. The summed E-state index contributed by atoms with van der Waals surface area (Å²) in [6, 6.07) is 6.75. The number of rotatable bonds is 4. The normalized spacial score (nSPS) is 10.8. The Morgan fingerprint density at radius 1 is 1.23 bits per heavy atom. The van der Waals surface area contributed by atoms with Gasteiger partial charge in [-0.25, -0.2) is 4.98 Å². The Balaban J connectivity index is 2.30. The van der Waals surface area contributed by atoms with E-state index in [2.05, 4.69) is 15.1 Å². The molecular formula is C18H19N5O3. The lowest BCUT2D eigenvalue weighted by atomic mass is 10.0. The van der Waals surface area contributed by atoms with Gasteiger partial charge in [0.15, 0.2) is 0 Å². The number of aromatic amines is 1. The predicted molar refractivity (Wildman–Crippen MR) is 96.7 cm³/mol. The molecular weight excluding hydrogens is 334 g/mol. The first-order chi connectivity index (χ1) is 12.3. The van der Waals surface area contributed by atoms with Gasteiger partial charge in [-0.1, -0.05) is 0 Å². The average molecular weight is 353 g/mol. The summed E-state index contributed by atoms with van der Waals surface area (Å²) in [5, 5.41) is 4.42. The number of aromatic nitrogens is 4. The van der Waals surface area contributed by atoms with Gasteiger partial charge in [-0.05, 0) is 45.0 Å². The smallest absolute Gasteiger partial charge is 0.255 e. The maximum atomic E-state index is 12.1. The van der Waals surface area contributed by atoms with Crippen molar-refractivity contribution in [1.29, 1.82) is 0 Å². The zero-order chi connectivity index (χ0) is 19.0. The molecule has 1 aromatic carbocycles. The summed E-state index contributed by atoms with van der Waals surface area (Å²) in [5.74, 6) is 0.256. The van der Waals surface area contributed by atoms with Crippen molar-refractivity contribution in [2.75, 3.05) is 7.11 Å². The first-order valence-corrected chi connectivity index (χ1v) is 7.94. The second-order valence-corrected chi connectivity index (χ2v) is 5.96. The molecule has 1 amide bonds. The molecule has 0 aliphatic carbocycles. The first-order valence-electron chi connectivity index (χ1n) is 7.94. The van der Waals surface area contributed by atoms with Gasteiger partial charge in [-0.15, -0.1) is 0 Å². The lowest BCUT2D eigenvalue weighted by Gasteiger charge is -2.12. The molecule has 0 atom stereocenters. The van der Waals surface area contributed by atoms with E-state index in [9.17, 15) is 9.59 Å². The molecule has 3 aromatic rings. The molecule has 0 saturated heterocycles. The quantitative estimate of drug-likeness (QED) is 0.740. The number of primary amides is 1. The highest BCUT2D eigenvalue weighted by atomic mass is 16.5. The van der Waals surface area contributed by atoms with Crippen LogP contribution in [0.4, 0.5) is 0 Å². The number of hydrogen-bond acceptors (Lipinski definition) is 5. The molecule has 0 aliphatic rings. The van der Waals surface area contributed by atoms with E-state index in [0.29, 0.717) is 39.5 Å². The van der Waals surface area contributed by atoms with E-state index >= 15 is 0 Å². The fourth-order valence-corrected chi connectivity index (χ4v) is 2.66. The largest absolute Gasteiger partial charge is 0.497 e. The summed E-state index contributed by atoms with van der Waals surface area (Å²) in [6.07, 6.45) is 0. The molecule has 134 valence electrons. The summed E-state index contributed by atoms with van der Waals surface area (Å²) >= 11 is 0. The van der Waals surface area contributed by atoms with E-state index < -0.39 is 5.91 Å². The van der Waals surface area contributed by atoms with Crippen LogP contribution in [0.3, 0.4) is 0 Å². The van der Waals surface area contributed by atoms with Gasteiger partial charge in [0, 0.05) is 22.4 Å². The van der Waals surface area contributed by atoms with E-state index in [1.807, 2.05) is 6.92 Å². The molecule has 0 unspecified atom stereocenters. The molecule has 0 saturated carbocycles. The van der Waals surface area contributed by atoms with Crippen molar-refractivity contribution < 1.29 is 9.53 Å². The second-order valence-electron chi connectivity index (χ2n) is 5.96. The minimum atomic E-state index is -0.574. The van der Waals surface area contributed by atoms with E-state index in [-0.39, 0.29) is 11.5 Å². The van der Waals surface area contributed by atoms with Crippen molar-refractivity contribution in [2.24, 2.45) is 5.73 Å². The van der Waals surface area contributed by atoms with Crippen molar-refractivity contribution >= 4 is 5.91 Å². The monoisotopic (exact) mass is 353 g/mol. The number of nitrogens with zero attached hydrogens (tertiary/aromatic N) is 3. The predicted octanol–water partition coefficient (Wildman–Crippen LogP) is 1.66. The number of carbonyl (C=O) groups excluding carboxylic acids is 1. The summed E-state index contributed by atoms with van der Waals surface area (Å²) < 4.78 is 6.75. The van der Waals surface area contributed by atoms with Crippen LogP contribution in [0.25, 0.3) is 17.2 Å². The molecule has 0 fully saturated rings. The lowest BCUT2D eigenvalue weighted by molar-refractivity contribution is 0.100. The standard InChI is InChI=1S/C18H19N5O3/c1-9-7-15(14-8-12(26-4)5-6-13(14)16(19)24)23(22-9)18-20-11(3)10(2)17(25)21-18/h5-8H,1-4H3,(H2,19,24)(H,20,21,25). The lowest BCUT2D eigenvalue weighted by Crippen LogP contribution is -2.19. The van der Waals surface area contributed by atoms with Crippen LogP contribution >= 0.6 is 0 Å². The third-order valence-corrected chi connectivity index (χ3v) is 4.18. The van der Waals surface area contributed by atoms with Gasteiger partial charge in [0.05, 0.1) is 18.5 Å². The molecule has 2 heterocycles. The van der Waals surface area contributed by atoms with E-state index in [1.165, 1.54) is 11.8 Å². The van der Waals surface area contributed by atoms with Crippen LogP contribution in [-0.2, 0) is 0 Å². The Hall–Kier alpha value is -3.42. The molecule has 0 aliphatic heterocycles. The Bertz CT molecular complexity index is 1070. The summed E-state index contributed by atoms with van der Waals surface area (Å²) in [5.41, 5.74) is 8.54. The van der Waals surface area contributed by atoms with Crippen molar-refractivity contribution in [3.63, 3.8) is 0 Å². The van der Waals surface area contributed by atoms with Gasteiger partial charge in [-0.3, -0.25) is 14.6 Å². The highest BCUT2D eigenvalue weighted by molar-refractivity contribution is 5.99. The van der Waals surface area contributed by atoms with Crippen LogP contribution in [0.1, 0.15) is 27.3 Å². The Morgan fingerprint density at radius 2 is 1.96 bits per heavy atom. The summed E-state index contributed by atoms with van der Waals surface area (Å²) in [6.45, 7) is 5.27. The van der Waals surface area contributed by atoms with Gasteiger partial charge >= 0.3 is 0 Å². The SMILES string of the molecule is COc1ccc(C(N)=O)c(-c2cc(C)nn2-c2nc(C)c(C)c(=O)[nH]2)c1. The number of amides is 1. The van der Waals surface area contributed by atoms with Crippen molar-refractivity contribution in [3.05, 3.63) is 57.1 Å². The third-order valence-electron chi connectivity index (χ3n) is 4.18.